The molecule has 0 spiro atoms. The van der Waals surface area contributed by atoms with Crippen molar-refractivity contribution in [2.24, 2.45) is 0 Å². The van der Waals surface area contributed by atoms with Gasteiger partial charge in [0.15, 0.2) is 0 Å². The summed E-state index contributed by atoms with van der Waals surface area (Å²) < 4.78 is 0. The molecule has 2 rings (SSSR count). The van der Waals surface area contributed by atoms with Crippen LogP contribution >= 0.6 is 11.8 Å². The molecule has 6 N–H and O–H groups in total. The molecule has 0 aliphatic carbocycles. The average molecular weight is 231 g/mol. The number of anilines is 3. The van der Waals surface area contributed by atoms with E-state index in [2.05, 4.69) is 0 Å². The van der Waals surface area contributed by atoms with Crippen molar-refractivity contribution in [2.45, 2.75) is 9.79 Å². The van der Waals surface area contributed by atoms with Crippen LogP contribution in [0.4, 0.5) is 17.1 Å². The summed E-state index contributed by atoms with van der Waals surface area (Å²) in [6.07, 6.45) is 0. The van der Waals surface area contributed by atoms with Crippen molar-refractivity contribution in [1.82, 2.24) is 0 Å². The third-order valence-electron chi connectivity index (χ3n) is 2.17. The van der Waals surface area contributed by atoms with E-state index in [0.717, 1.165) is 15.5 Å². The third-order valence-corrected chi connectivity index (χ3v) is 3.17. The van der Waals surface area contributed by atoms with Gasteiger partial charge in [0.1, 0.15) is 0 Å². The second kappa shape index (κ2) is 4.37. The topological polar surface area (TPSA) is 78.1 Å². The number of nitrogens with two attached hydrogens (primary N) is 3. The summed E-state index contributed by atoms with van der Waals surface area (Å²) >= 11 is 1.63. The van der Waals surface area contributed by atoms with Gasteiger partial charge >= 0.3 is 0 Å². The molecule has 2 aromatic carbocycles. The molecule has 0 aromatic heterocycles. The van der Waals surface area contributed by atoms with Gasteiger partial charge in [-0.15, -0.1) is 0 Å². The standard InChI is InChI=1S/C12H13N3S/c13-8-1-3-9(4-2-8)16-10-5-6-11(14)12(15)7-10/h1-7H,13-15H2. The van der Waals surface area contributed by atoms with Crippen molar-refractivity contribution in [2.75, 3.05) is 17.2 Å². The number of hydrogen-bond acceptors (Lipinski definition) is 4. The van der Waals surface area contributed by atoms with Crippen LogP contribution in [0.5, 0.6) is 0 Å². The Morgan fingerprint density at radius 3 is 1.94 bits per heavy atom. The molecule has 0 aliphatic rings. The van der Waals surface area contributed by atoms with Crippen LogP contribution < -0.4 is 17.2 Å². The van der Waals surface area contributed by atoms with Gasteiger partial charge in [0.2, 0.25) is 0 Å². The first-order valence-electron chi connectivity index (χ1n) is 4.83. The fraction of sp³-hybridized carbons (Fsp3) is 0. The van der Waals surface area contributed by atoms with Gasteiger partial charge in [-0.05, 0) is 42.5 Å². The summed E-state index contributed by atoms with van der Waals surface area (Å²) in [7, 11) is 0. The second-order valence-electron chi connectivity index (χ2n) is 3.46. The van der Waals surface area contributed by atoms with Crippen LogP contribution in [-0.2, 0) is 0 Å². The number of nitrogen functional groups attached to an aromatic ring is 3. The van der Waals surface area contributed by atoms with E-state index in [4.69, 9.17) is 17.2 Å². The molecular formula is C12H13N3S. The quantitative estimate of drug-likeness (QED) is 0.694. The minimum atomic E-state index is 0.612. The summed E-state index contributed by atoms with van der Waals surface area (Å²) in [4.78, 5) is 2.19. The average Bonchev–Trinajstić information content (AvgIpc) is 2.27. The smallest absolute Gasteiger partial charge is 0.0559 e. The molecule has 0 bridgehead atoms. The van der Waals surface area contributed by atoms with Crippen LogP contribution in [0.1, 0.15) is 0 Å². The number of benzene rings is 2. The van der Waals surface area contributed by atoms with Crippen molar-refractivity contribution < 1.29 is 0 Å². The van der Waals surface area contributed by atoms with Gasteiger partial charge in [0.25, 0.3) is 0 Å². The zero-order valence-electron chi connectivity index (χ0n) is 8.68. The van der Waals surface area contributed by atoms with Gasteiger partial charge in [0.05, 0.1) is 11.4 Å². The van der Waals surface area contributed by atoms with Gasteiger partial charge in [-0.3, -0.25) is 0 Å². The highest BCUT2D eigenvalue weighted by molar-refractivity contribution is 7.99. The van der Waals surface area contributed by atoms with E-state index in [9.17, 15) is 0 Å². The van der Waals surface area contributed by atoms with E-state index in [1.165, 1.54) is 0 Å². The van der Waals surface area contributed by atoms with Crippen LogP contribution in [0.2, 0.25) is 0 Å². The van der Waals surface area contributed by atoms with E-state index in [1.54, 1.807) is 11.8 Å². The van der Waals surface area contributed by atoms with Crippen molar-refractivity contribution in [1.29, 1.82) is 0 Å². The summed E-state index contributed by atoms with van der Waals surface area (Å²) in [6, 6.07) is 13.4. The zero-order valence-corrected chi connectivity index (χ0v) is 9.50. The lowest BCUT2D eigenvalue weighted by atomic mass is 10.3. The SMILES string of the molecule is Nc1ccc(Sc2ccc(N)c(N)c2)cc1. The second-order valence-corrected chi connectivity index (χ2v) is 4.61. The van der Waals surface area contributed by atoms with Crippen molar-refractivity contribution in [3.05, 3.63) is 42.5 Å². The summed E-state index contributed by atoms with van der Waals surface area (Å²) in [5, 5.41) is 0. The van der Waals surface area contributed by atoms with Gasteiger partial charge in [0, 0.05) is 15.5 Å². The third kappa shape index (κ3) is 2.41. The molecule has 0 fully saturated rings. The molecule has 16 heavy (non-hydrogen) atoms. The maximum Gasteiger partial charge on any atom is 0.0559 e. The van der Waals surface area contributed by atoms with Crippen LogP contribution in [-0.4, -0.2) is 0 Å². The molecule has 2 aromatic rings. The van der Waals surface area contributed by atoms with Crippen molar-refractivity contribution >= 4 is 28.8 Å². The minimum absolute atomic E-state index is 0.612. The fourth-order valence-electron chi connectivity index (χ4n) is 1.29. The van der Waals surface area contributed by atoms with Crippen molar-refractivity contribution in [3.63, 3.8) is 0 Å². The van der Waals surface area contributed by atoms with E-state index >= 15 is 0 Å². The predicted molar refractivity (Wildman–Crippen MR) is 70.2 cm³/mol. The predicted octanol–water partition coefficient (Wildman–Crippen LogP) is 2.58. The lowest BCUT2D eigenvalue weighted by Crippen LogP contribution is -1.93. The highest BCUT2D eigenvalue weighted by atomic mass is 32.2. The maximum absolute atomic E-state index is 5.74. The number of rotatable bonds is 2. The maximum atomic E-state index is 5.74. The Morgan fingerprint density at radius 2 is 1.31 bits per heavy atom. The van der Waals surface area contributed by atoms with E-state index in [1.807, 2.05) is 42.5 Å². The highest BCUT2D eigenvalue weighted by Crippen LogP contribution is 2.30. The van der Waals surface area contributed by atoms with Gasteiger partial charge in [-0.1, -0.05) is 11.8 Å². The molecule has 0 heterocycles. The summed E-state index contributed by atoms with van der Waals surface area (Å²) in [6.45, 7) is 0. The first-order valence-corrected chi connectivity index (χ1v) is 5.65. The van der Waals surface area contributed by atoms with Gasteiger partial charge in [-0.25, -0.2) is 0 Å². The Morgan fingerprint density at radius 1 is 0.688 bits per heavy atom. The van der Waals surface area contributed by atoms with E-state index in [-0.39, 0.29) is 0 Å². The molecule has 0 atom stereocenters. The monoisotopic (exact) mass is 231 g/mol. The molecule has 0 amide bonds. The van der Waals surface area contributed by atoms with Crippen LogP contribution in [0.25, 0.3) is 0 Å². The molecule has 82 valence electrons. The lowest BCUT2D eigenvalue weighted by Gasteiger charge is -2.05. The van der Waals surface area contributed by atoms with E-state index < -0.39 is 0 Å². The Bertz CT molecular complexity index is 494. The van der Waals surface area contributed by atoms with Gasteiger partial charge in [-0.2, -0.15) is 0 Å². The minimum Gasteiger partial charge on any atom is -0.399 e. The molecule has 0 unspecified atom stereocenters. The summed E-state index contributed by atoms with van der Waals surface area (Å²) in [5.74, 6) is 0. The zero-order chi connectivity index (χ0) is 11.5. The summed E-state index contributed by atoms with van der Waals surface area (Å²) in [5.41, 5.74) is 19.0. The largest absolute Gasteiger partial charge is 0.399 e. The molecule has 0 aliphatic heterocycles. The van der Waals surface area contributed by atoms with Crippen LogP contribution in [0.15, 0.2) is 52.3 Å². The van der Waals surface area contributed by atoms with Gasteiger partial charge < -0.3 is 17.2 Å². The fourth-order valence-corrected chi connectivity index (χ4v) is 2.15. The first-order chi connectivity index (χ1) is 7.65. The van der Waals surface area contributed by atoms with E-state index in [0.29, 0.717) is 11.4 Å². The Kier molecular flexibility index (Phi) is 2.92. The lowest BCUT2D eigenvalue weighted by molar-refractivity contribution is 1.41. The van der Waals surface area contributed by atoms with Crippen molar-refractivity contribution in [3.8, 4) is 0 Å². The highest BCUT2D eigenvalue weighted by Gasteiger charge is 2.00. The molecule has 3 nitrogen and oxygen atoms in total. The normalized spacial score (nSPS) is 10.2. The first kappa shape index (κ1) is 10.7. The molecular weight excluding hydrogens is 218 g/mol. The number of hydrogen-bond donors (Lipinski definition) is 3. The Hall–Kier alpha value is -1.81. The molecule has 0 saturated heterocycles. The molecule has 0 saturated carbocycles. The Balaban J connectivity index is 2.20. The molecule has 4 heteroatoms. The van der Waals surface area contributed by atoms with Crippen LogP contribution in [0, 0.1) is 0 Å². The molecule has 0 radical (unpaired) electrons. The van der Waals surface area contributed by atoms with Crippen LogP contribution in [0.3, 0.4) is 0 Å². The Labute approximate surface area is 98.6 Å².